The second-order valence-corrected chi connectivity index (χ2v) is 4.39. The van der Waals surface area contributed by atoms with Gasteiger partial charge in [-0.3, -0.25) is 0 Å². The number of nitrogen functional groups attached to an aromatic ring is 1. The zero-order valence-electron chi connectivity index (χ0n) is 10.5. The Morgan fingerprint density at radius 2 is 2.35 bits per heavy atom. The van der Waals surface area contributed by atoms with Gasteiger partial charge in [-0.05, 0) is 26.7 Å². The summed E-state index contributed by atoms with van der Waals surface area (Å²) in [7, 11) is 0. The second-order valence-electron chi connectivity index (χ2n) is 4.39. The molecule has 1 saturated heterocycles. The average molecular weight is 236 g/mol. The van der Waals surface area contributed by atoms with Crippen molar-refractivity contribution in [3.05, 3.63) is 11.8 Å². The van der Waals surface area contributed by atoms with Crippen LogP contribution in [0.15, 0.2) is 6.07 Å². The van der Waals surface area contributed by atoms with Crippen LogP contribution in [0.3, 0.4) is 0 Å². The van der Waals surface area contributed by atoms with Crippen LogP contribution < -0.4 is 10.6 Å². The summed E-state index contributed by atoms with van der Waals surface area (Å²) in [4.78, 5) is 10.6. The normalized spacial score (nSPS) is 20.6. The molecule has 1 fully saturated rings. The van der Waals surface area contributed by atoms with E-state index in [-0.39, 0.29) is 0 Å². The van der Waals surface area contributed by atoms with Crippen molar-refractivity contribution in [1.82, 2.24) is 9.97 Å². The van der Waals surface area contributed by atoms with Gasteiger partial charge in [-0.1, -0.05) is 0 Å². The maximum atomic E-state index is 5.68. The van der Waals surface area contributed by atoms with Crippen LogP contribution in [0.5, 0.6) is 0 Å². The number of nitrogens with zero attached hydrogens (tertiary/aromatic N) is 3. The third-order valence-corrected chi connectivity index (χ3v) is 2.96. The van der Waals surface area contributed by atoms with Crippen LogP contribution in [-0.2, 0) is 4.74 Å². The fourth-order valence-electron chi connectivity index (χ4n) is 2.25. The van der Waals surface area contributed by atoms with Gasteiger partial charge in [0.25, 0.3) is 0 Å². The van der Waals surface area contributed by atoms with Crippen LogP contribution in [0.4, 0.5) is 11.8 Å². The number of nitrogens with two attached hydrogens (primary N) is 1. The lowest BCUT2D eigenvalue weighted by Crippen LogP contribution is -2.40. The van der Waals surface area contributed by atoms with Crippen molar-refractivity contribution in [2.45, 2.75) is 32.8 Å². The van der Waals surface area contributed by atoms with Crippen LogP contribution in [0.2, 0.25) is 0 Å². The highest BCUT2D eigenvalue weighted by molar-refractivity contribution is 5.43. The molecule has 0 spiro atoms. The van der Waals surface area contributed by atoms with Gasteiger partial charge in [-0.25, -0.2) is 4.98 Å². The number of anilines is 2. The van der Waals surface area contributed by atoms with Crippen LogP contribution in [0.1, 0.15) is 25.5 Å². The molecule has 0 radical (unpaired) electrons. The Morgan fingerprint density at radius 3 is 3.06 bits per heavy atom. The largest absolute Gasteiger partial charge is 0.377 e. The first-order valence-electron chi connectivity index (χ1n) is 6.16. The molecule has 2 heterocycles. The van der Waals surface area contributed by atoms with Gasteiger partial charge in [0.05, 0.1) is 6.10 Å². The van der Waals surface area contributed by atoms with E-state index < -0.39 is 0 Å². The predicted molar refractivity (Wildman–Crippen MR) is 68.0 cm³/mol. The van der Waals surface area contributed by atoms with E-state index in [9.17, 15) is 0 Å². The summed E-state index contributed by atoms with van der Waals surface area (Å²) >= 11 is 0. The summed E-state index contributed by atoms with van der Waals surface area (Å²) in [6.07, 6.45) is 2.57. The monoisotopic (exact) mass is 236 g/mol. The van der Waals surface area contributed by atoms with E-state index in [1.165, 1.54) is 0 Å². The van der Waals surface area contributed by atoms with Crippen molar-refractivity contribution >= 4 is 11.8 Å². The zero-order chi connectivity index (χ0) is 12.3. The molecule has 1 aromatic rings. The van der Waals surface area contributed by atoms with E-state index in [4.69, 9.17) is 10.5 Å². The highest BCUT2D eigenvalue weighted by atomic mass is 16.5. The lowest BCUT2D eigenvalue weighted by molar-refractivity contribution is 0.0525. The molecule has 2 rings (SSSR count). The number of ether oxygens (including phenoxy) is 1. The quantitative estimate of drug-likeness (QED) is 0.858. The van der Waals surface area contributed by atoms with Crippen molar-refractivity contribution in [2.75, 3.05) is 30.3 Å². The summed E-state index contributed by atoms with van der Waals surface area (Å²) in [6, 6.07) is 1.98. The van der Waals surface area contributed by atoms with Crippen molar-refractivity contribution in [3.63, 3.8) is 0 Å². The number of aromatic nitrogens is 2. The molecule has 0 saturated carbocycles. The molecule has 0 amide bonds. The molecule has 1 aliphatic rings. The molecule has 5 heteroatoms. The summed E-state index contributed by atoms with van der Waals surface area (Å²) in [6.45, 7) is 6.64. The van der Waals surface area contributed by atoms with Crippen molar-refractivity contribution in [2.24, 2.45) is 0 Å². The third kappa shape index (κ3) is 3.06. The third-order valence-electron chi connectivity index (χ3n) is 2.96. The minimum atomic E-state index is 0.310. The van der Waals surface area contributed by atoms with Gasteiger partial charge in [0.1, 0.15) is 5.82 Å². The molecule has 1 unspecified atom stereocenters. The highest BCUT2D eigenvalue weighted by Crippen LogP contribution is 2.20. The molecule has 0 aromatic carbocycles. The van der Waals surface area contributed by atoms with Crippen LogP contribution in [0, 0.1) is 6.92 Å². The van der Waals surface area contributed by atoms with E-state index in [1.807, 2.05) is 19.9 Å². The SMILES string of the molecule is CCOC1CCCN(c2cc(C)nc(N)n2)C1. The maximum absolute atomic E-state index is 5.68. The summed E-state index contributed by atoms with van der Waals surface area (Å²) < 4.78 is 5.68. The molecule has 0 aliphatic carbocycles. The standard InChI is InChI=1S/C12H20N4O/c1-3-17-10-5-4-6-16(8-10)11-7-9(2)14-12(13)15-11/h7,10H,3-6,8H2,1-2H3,(H2,13,14,15). The molecular weight excluding hydrogens is 216 g/mol. The Morgan fingerprint density at radius 1 is 1.53 bits per heavy atom. The molecule has 94 valence electrons. The highest BCUT2D eigenvalue weighted by Gasteiger charge is 2.21. The van der Waals surface area contributed by atoms with E-state index in [0.29, 0.717) is 12.1 Å². The lowest BCUT2D eigenvalue weighted by atomic mass is 10.1. The molecule has 1 atom stereocenters. The minimum Gasteiger partial charge on any atom is -0.377 e. The van der Waals surface area contributed by atoms with Gasteiger partial charge in [-0.2, -0.15) is 4.98 Å². The van der Waals surface area contributed by atoms with Gasteiger partial charge >= 0.3 is 0 Å². The Bertz CT molecular complexity index is 361. The number of hydrogen-bond acceptors (Lipinski definition) is 5. The number of aryl methyl sites for hydroxylation is 1. The molecule has 1 aromatic heterocycles. The maximum Gasteiger partial charge on any atom is 0.222 e. The second kappa shape index (κ2) is 5.31. The molecule has 5 nitrogen and oxygen atoms in total. The van der Waals surface area contributed by atoms with Gasteiger partial charge in [-0.15, -0.1) is 0 Å². The van der Waals surface area contributed by atoms with E-state index >= 15 is 0 Å². The Kier molecular flexibility index (Phi) is 3.78. The smallest absolute Gasteiger partial charge is 0.222 e. The fourth-order valence-corrected chi connectivity index (χ4v) is 2.25. The van der Waals surface area contributed by atoms with E-state index in [1.54, 1.807) is 0 Å². The first-order chi connectivity index (χ1) is 8.19. The Labute approximate surface area is 102 Å². The van der Waals surface area contributed by atoms with E-state index in [0.717, 1.165) is 44.0 Å². The molecule has 1 aliphatic heterocycles. The van der Waals surface area contributed by atoms with E-state index in [2.05, 4.69) is 14.9 Å². The molecular formula is C12H20N4O. The first-order valence-corrected chi connectivity index (χ1v) is 6.16. The number of hydrogen-bond donors (Lipinski definition) is 1. The Hall–Kier alpha value is -1.36. The first kappa shape index (κ1) is 12.1. The summed E-state index contributed by atoms with van der Waals surface area (Å²) in [5.74, 6) is 1.26. The number of piperidine rings is 1. The van der Waals surface area contributed by atoms with Crippen molar-refractivity contribution in [3.8, 4) is 0 Å². The Balaban J connectivity index is 2.10. The topological polar surface area (TPSA) is 64.3 Å². The molecule has 0 bridgehead atoms. The number of rotatable bonds is 3. The van der Waals surface area contributed by atoms with Crippen molar-refractivity contribution < 1.29 is 4.74 Å². The molecule has 2 N–H and O–H groups in total. The molecule has 17 heavy (non-hydrogen) atoms. The fraction of sp³-hybridized carbons (Fsp3) is 0.667. The van der Waals surface area contributed by atoms with Crippen LogP contribution in [-0.4, -0.2) is 35.8 Å². The minimum absolute atomic E-state index is 0.310. The summed E-state index contributed by atoms with van der Waals surface area (Å²) in [5.41, 5.74) is 6.59. The van der Waals surface area contributed by atoms with Crippen molar-refractivity contribution in [1.29, 1.82) is 0 Å². The predicted octanol–water partition coefficient (Wildman–Crippen LogP) is 1.37. The van der Waals surface area contributed by atoms with Gasteiger partial charge in [0.2, 0.25) is 5.95 Å². The van der Waals surface area contributed by atoms with Gasteiger partial charge in [0, 0.05) is 31.5 Å². The summed E-state index contributed by atoms with van der Waals surface area (Å²) in [5, 5.41) is 0. The average Bonchev–Trinajstić information content (AvgIpc) is 2.28. The van der Waals surface area contributed by atoms with Crippen LogP contribution >= 0.6 is 0 Å². The van der Waals surface area contributed by atoms with Gasteiger partial charge < -0.3 is 15.4 Å². The zero-order valence-corrected chi connectivity index (χ0v) is 10.5. The van der Waals surface area contributed by atoms with Gasteiger partial charge in [0.15, 0.2) is 0 Å². The van der Waals surface area contributed by atoms with Crippen LogP contribution in [0.25, 0.3) is 0 Å². The lowest BCUT2D eigenvalue weighted by Gasteiger charge is -2.33.